The summed E-state index contributed by atoms with van der Waals surface area (Å²) in [6, 6.07) is 18.0. The van der Waals surface area contributed by atoms with Crippen LogP contribution in [0.3, 0.4) is 0 Å². The van der Waals surface area contributed by atoms with E-state index in [2.05, 4.69) is 10.3 Å². The molecule has 1 N–H and O–H groups in total. The van der Waals surface area contributed by atoms with E-state index in [1.807, 2.05) is 61.5 Å². The smallest absolute Gasteiger partial charge is 0.328 e. The number of carbonyl (C=O) groups excluding carboxylic acids is 2. The molecule has 1 atom stereocenters. The molecule has 0 spiro atoms. The van der Waals surface area contributed by atoms with E-state index in [9.17, 15) is 9.59 Å². The quantitative estimate of drug-likeness (QED) is 0.720. The molecule has 2 aromatic carbocycles. The Balaban J connectivity index is 1.82. The lowest BCUT2D eigenvalue weighted by Gasteiger charge is -2.17. The topological polar surface area (TPSA) is 68.3 Å². The van der Waals surface area contributed by atoms with Crippen LogP contribution in [0.4, 0.5) is 0 Å². The maximum atomic E-state index is 12.6. The average Bonchev–Trinajstić information content (AvgIpc) is 2.68. The second-order valence-electron chi connectivity index (χ2n) is 6.07. The highest BCUT2D eigenvalue weighted by atomic mass is 16.5. The minimum absolute atomic E-state index is 0.266. The van der Waals surface area contributed by atoms with Crippen LogP contribution in [-0.4, -0.2) is 30.0 Å². The number of rotatable bonds is 5. The lowest BCUT2D eigenvalue weighted by Crippen LogP contribution is -2.43. The molecule has 5 heteroatoms. The van der Waals surface area contributed by atoms with Gasteiger partial charge in [0.05, 0.1) is 12.6 Å². The normalized spacial score (nSPS) is 11.8. The highest BCUT2D eigenvalue weighted by molar-refractivity contribution is 5.97. The van der Waals surface area contributed by atoms with E-state index in [1.54, 1.807) is 6.07 Å². The number of hydrogen-bond donors (Lipinski definition) is 1. The fraction of sp³-hybridized carbons (Fsp3) is 0.190. The SMILES string of the molecule is COC(=O)[C@H](Cc1ccccc1C)NC(=O)c1ccc2ccccc2n1. The molecule has 1 aromatic heterocycles. The molecule has 0 aliphatic rings. The van der Waals surface area contributed by atoms with Gasteiger partial charge in [-0.3, -0.25) is 4.79 Å². The maximum Gasteiger partial charge on any atom is 0.328 e. The number of nitrogens with zero attached hydrogens (tertiary/aromatic N) is 1. The van der Waals surface area contributed by atoms with E-state index >= 15 is 0 Å². The highest BCUT2D eigenvalue weighted by Gasteiger charge is 2.23. The summed E-state index contributed by atoms with van der Waals surface area (Å²) in [5, 5.41) is 3.70. The van der Waals surface area contributed by atoms with Crippen molar-refractivity contribution >= 4 is 22.8 Å². The Bertz CT molecular complexity index is 953. The molecule has 0 saturated heterocycles. The van der Waals surface area contributed by atoms with Crippen molar-refractivity contribution in [3.63, 3.8) is 0 Å². The Morgan fingerprint density at radius 2 is 1.77 bits per heavy atom. The Morgan fingerprint density at radius 1 is 1.04 bits per heavy atom. The van der Waals surface area contributed by atoms with E-state index in [4.69, 9.17) is 4.74 Å². The third-order valence-electron chi connectivity index (χ3n) is 4.31. The highest BCUT2D eigenvalue weighted by Crippen LogP contribution is 2.13. The Hall–Kier alpha value is -3.21. The minimum Gasteiger partial charge on any atom is -0.467 e. The number of esters is 1. The molecule has 1 heterocycles. The van der Waals surface area contributed by atoms with Crippen molar-refractivity contribution in [2.75, 3.05) is 7.11 Å². The van der Waals surface area contributed by atoms with Crippen LogP contribution in [0.25, 0.3) is 10.9 Å². The van der Waals surface area contributed by atoms with Crippen molar-refractivity contribution in [3.05, 3.63) is 77.5 Å². The molecule has 0 unspecified atom stereocenters. The summed E-state index contributed by atoms with van der Waals surface area (Å²) in [6.07, 6.45) is 0.360. The van der Waals surface area contributed by atoms with Gasteiger partial charge in [-0.15, -0.1) is 0 Å². The van der Waals surface area contributed by atoms with Crippen LogP contribution in [0.5, 0.6) is 0 Å². The summed E-state index contributed by atoms with van der Waals surface area (Å²) in [5.74, 6) is -0.887. The van der Waals surface area contributed by atoms with Crippen LogP contribution in [0.2, 0.25) is 0 Å². The van der Waals surface area contributed by atoms with Crippen LogP contribution >= 0.6 is 0 Å². The molecule has 0 bridgehead atoms. The minimum atomic E-state index is -0.776. The fourth-order valence-electron chi connectivity index (χ4n) is 2.82. The zero-order valence-corrected chi connectivity index (χ0v) is 14.7. The standard InChI is InChI=1S/C21H20N2O3/c1-14-7-3-4-9-16(14)13-19(21(25)26-2)23-20(24)18-12-11-15-8-5-6-10-17(15)22-18/h3-12,19H,13H2,1-2H3,(H,23,24)/t19-/m0/s1. The van der Waals surface area contributed by atoms with Gasteiger partial charge in [0.1, 0.15) is 11.7 Å². The fourth-order valence-corrected chi connectivity index (χ4v) is 2.82. The molecule has 132 valence electrons. The molecule has 5 nitrogen and oxygen atoms in total. The van der Waals surface area contributed by atoms with Crippen molar-refractivity contribution < 1.29 is 14.3 Å². The molecule has 0 aliphatic carbocycles. The predicted octanol–water partition coefficient (Wildman–Crippen LogP) is 3.06. The van der Waals surface area contributed by atoms with E-state index in [1.165, 1.54) is 7.11 Å². The van der Waals surface area contributed by atoms with Crippen molar-refractivity contribution in [1.82, 2.24) is 10.3 Å². The lowest BCUT2D eigenvalue weighted by molar-refractivity contribution is -0.142. The van der Waals surface area contributed by atoms with Gasteiger partial charge in [0.15, 0.2) is 0 Å². The maximum absolute atomic E-state index is 12.6. The van der Waals surface area contributed by atoms with Crippen molar-refractivity contribution in [1.29, 1.82) is 0 Å². The predicted molar refractivity (Wildman–Crippen MR) is 99.9 cm³/mol. The first kappa shape index (κ1) is 17.6. The first-order chi connectivity index (χ1) is 12.6. The number of nitrogens with one attached hydrogen (secondary N) is 1. The lowest BCUT2D eigenvalue weighted by atomic mass is 10.0. The molecule has 3 aromatic rings. The van der Waals surface area contributed by atoms with Crippen LogP contribution in [0.1, 0.15) is 21.6 Å². The van der Waals surface area contributed by atoms with Crippen molar-refractivity contribution in [3.8, 4) is 0 Å². The monoisotopic (exact) mass is 348 g/mol. The van der Waals surface area contributed by atoms with Crippen LogP contribution in [0.15, 0.2) is 60.7 Å². The van der Waals surface area contributed by atoms with E-state index in [0.717, 1.165) is 22.0 Å². The van der Waals surface area contributed by atoms with Gasteiger partial charge in [-0.2, -0.15) is 0 Å². The number of aromatic nitrogens is 1. The zero-order valence-electron chi connectivity index (χ0n) is 14.7. The summed E-state index contributed by atoms with van der Waals surface area (Å²) in [4.78, 5) is 29.1. The number of carbonyl (C=O) groups is 2. The third kappa shape index (κ3) is 3.88. The van der Waals surface area contributed by atoms with E-state index in [0.29, 0.717) is 6.42 Å². The number of pyridine rings is 1. The molecular weight excluding hydrogens is 328 g/mol. The van der Waals surface area contributed by atoms with Crippen LogP contribution in [0, 0.1) is 6.92 Å². The van der Waals surface area contributed by atoms with Gasteiger partial charge in [-0.1, -0.05) is 48.5 Å². The summed E-state index contributed by atoms with van der Waals surface area (Å²) in [5.41, 5.74) is 3.03. The zero-order chi connectivity index (χ0) is 18.5. The molecule has 0 radical (unpaired) electrons. The third-order valence-corrected chi connectivity index (χ3v) is 4.31. The summed E-state index contributed by atoms with van der Waals surface area (Å²) < 4.78 is 4.86. The Labute approximate surface area is 152 Å². The van der Waals surface area contributed by atoms with Gasteiger partial charge in [-0.05, 0) is 30.2 Å². The molecule has 0 fully saturated rings. The summed E-state index contributed by atoms with van der Waals surface area (Å²) in [6.45, 7) is 1.97. The second-order valence-corrected chi connectivity index (χ2v) is 6.07. The second kappa shape index (κ2) is 7.78. The molecule has 0 saturated carbocycles. The number of ether oxygens (including phenoxy) is 1. The number of aryl methyl sites for hydroxylation is 1. The number of para-hydroxylation sites is 1. The van der Waals surface area contributed by atoms with Crippen molar-refractivity contribution in [2.45, 2.75) is 19.4 Å². The first-order valence-corrected chi connectivity index (χ1v) is 8.37. The number of methoxy groups -OCH3 is 1. The van der Waals surface area contributed by atoms with Gasteiger partial charge in [-0.25, -0.2) is 9.78 Å². The van der Waals surface area contributed by atoms with Gasteiger partial charge in [0.2, 0.25) is 0 Å². The first-order valence-electron chi connectivity index (χ1n) is 8.37. The van der Waals surface area contributed by atoms with Gasteiger partial charge in [0, 0.05) is 11.8 Å². The largest absolute Gasteiger partial charge is 0.467 e. The molecule has 1 amide bonds. The number of amides is 1. The molecule has 26 heavy (non-hydrogen) atoms. The van der Waals surface area contributed by atoms with Gasteiger partial charge >= 0.3 is 5.97 Å². The average molecular weight is 348 g/mol. The van der Waals surface area contributed by atoms with Crippen LogP contribution < -0.4 is 5.32 Å². The molecular formula is C21H20N2O3. The van der Waals surface area contributed by atoms with E-state index in [-0.39, 0.29) is 5.69 Å². The van der Waals surface area contributed by atoms with Gasteiger partial charge < -0.3 is 10.1 Å². The Kier molecular flexibility index (Phi) is 5.27. The van der Waals surface area contributed by atoms with Crippen molar-refractivity contribution in [2.24, 2.45) is 0 Å². The molecule has 0 aliphatic heterocycles. The summed E-state index contributed by atoms with van der Waals surface area (Å²) in [7, 11) is 1.31. The van der Waals surface area contributed by atoms with Crippen LogP contribution in [-0.2, 0) is 16.0 Å². The summed E-state index contributed by atoms with van der Waals surface area (Å²) >= 11 is 0. The number of benzene rings is 2. The number of hydrogen-bond acceptors (Lipinski definition) is 4. The molecule has 3 rings (SSSR count). The van der Waals surface area contributed by atoms with E-state index < -0.39 is 17.9 Å². The Morgan fingerprint density at radius 3 is 2.54 bits per heavy atom. The number of fused-ring (bicyclic) bond motifs is 1. The van der Waals surface area contributed by atoms with Gasteiger partial charge in [0.25, 0.3) is 5.91 Å².